The van der Waals surface area contributed by atoms with Crippen molar-refractivity contribution in [2.75, 3.05) is 26.3 Å². The van der Waals surface area contributed by atoms with Crippen LogP contribution in [-0.4, -0.2) is 57.6 Å². The summed E-state index contributed by atoms with van der Waals surface area (Å²) in [4.78, 5) is 27.2. The number of hydrogen-bond acceptors (Lipinski definition) is 7. The van der Waals surface area contributed by atoms with E-state index in [1.165, 1.54) is 42.5 Å². The standard InChI is InChI=1S/C19H22N2O6S2/c1-14(18(22)21-7-9-26-10-8-21)27-19(23)15-4-2-6-17(12-15)29(24,25)20-13-16-5-3-11-28-16/h2-6,11-12,14,20H,7-10,13H2,1H3. The molecule has 1 amide bonds. The number of thiophene rings is 1. The van der Waals surface area contributed by atoms with Gasteiger partial charge in [0.05, 0.1) is 23.7 Å². The van der Waals surface area contributed by atoms with Crippen LogP contribution in [0.15, 0.2) is 46.7 Å². The smallest absolute Gasteiger partial charge is 0.338 e. The molecule has 2 heterocycles. The van der Waals surface area contributed by atoms with E-state index in [1.807, 2.05) is 17.5 Å². The predicted molar refractivity (Wildman–Crippen MR) is 107 cm³/mol. The molecule has 0 saturated carbocycles. The highest BCUT2D eigenvalue weighted by molar-refractivity contribution is 7.89. The van der Waals surface area contributed by atoms with Gasteiger partial charge in [-0.05, 0) is 36.6 Å². The molecule has 0 bridgehead atoms. The maximum absolute atomic E-state index is 12.5. The number of ether oxygens (including phenoxy) is 2. The minimum atomic E-state index is -3.79. The Hall–Kier alpha value is -2.27. The lowest BCUT2D eigenvalue weighted by Crippen LogP contribution is -2.46. The zero-order valence-electron chi connectivity index (χ0n) is 15.9. The molecular formula is C19H22N2O6S2. The number of hydrogen-bond donors (Lipinski definition) is 1. The summed E-state index contributed by atoms with van der Waals surface area (Å²) in [7, 11) is -3.79. The Bertz CT molecular complexity index is 953. The van der Waals surface area contributed by atoms with E-state index in [2.05, 4.69) is 4.72 Å². The first kappa shape index (κ1) is 21.4. The Morgan fingerprint density at radius 2 is 2.00 bits per heavy atom. The van der Waals surface area contributed by atoms with Crippen LogP contribution in [0.25, 0.3) is 0 Å². The summed E-state index contributed by atoms with van der Waals surface area (Å²) in [6.07, 6.45) is -0.974. The monoisotopic (exact) mass is 438 g/mol. The lowest BCUT2D eigenvalue weighted by Gasteiger charge is -2.28. The predicted octanol–water partition coefficient (Wildman–Crippen LogP) is 1.63. The Morgan fingerprint density at radius 3 is 2.69 bits per heavy atom. The molecule has 1 aromatic heterocycles. The molecule has 1 saturated heterocycles. The molecule has 0 aliphatic carbocycles. The number of esters is 1. The molecule has 8 nitrogen and oxygen atoms in total. The van der Waals surface area contributed by atoms with Crippen LogP contribution < -0.4 is 4.72 Å². The number of morpholine rings is 1. The van der Waals surface area contributed by atoms with Gasteiger partial charge in [-0.3, -0.25) is 4.79 Å². The summed E-state index contributed by atoms with van der Waals surface area (Å²) in [6.45, 7) is 3.46. The van der Waals surface area contributed by atoms with Crippen LogP contribution >= 0.6 is 11.3 Å². The van der Waals surface area contributed by atoms with Crippen LogP contribution in [0, 0.1) is 0 Å². The average Bonchev–Trinajstić information content (AvgIpc) is 3.26. The normalized spacial score (nSPS) is 15.7. The molecular weight excluding hydrogens is 416 g/mol. The van der Waals surface area contributed by atoms with Crippen LogP contribution in [0.4, 0.5) is 0 Å². The second-order valence-electron chi connectivity index (χ2n) is 6.42. The molecule has 1 fully saturated rings. The average molecular weight is 439 g/mol. The van der Waals surface area contributed by atoms with Crippen LogP contribution in [0.2, 0.25) is 0 Å². The van der Waals surface area contributed by atoms with Crippen LogP contribution in [0.5, 0.6) is 0 Å². The van der Waals surface area contributed by atoms with Crippen molar-refractivity contribution in [3.05, 3.63) is 52.2 Å². The summed E-state index contributed by atoms with van der Waals surface area (Å²) >= 11 is 1.44. The van der Waals surface area contributed by atoms with Gasteiger partial charge in [0.25, 0.3) is 5.91 Å². The van der Waals surface area contributed by atoms with E-state index in [0.717, 1.165) is 4.88 Å². The molecule has 1 aliphatic rings. The molecule has 29 heavy (non-hydrogen) atoms. The molecule has 0 spiro atoms. The zero-order chi connectivity index (χ0) is 20.9. The maximum Gasteiger partial charge on any atom is 0.338 e. The van der Waals surface area contributed by atoms with Crippen molar-refractivity contribution in [1.29, 1.82) is 0 Å². The quantitative estimate of drug-likeness (QED) is 0.660. The second kappa shape index (κ2) is 9.49. The van der Waals surface area contributed by atoms with Gasteiger partial charge < -0.3 is 14.4 Å². The summed E-state index contributed by atoms with van der Waals surface area (Å²) in [5, 5.41) is 1.86. The number of nitrogens with one attached hydrogen (secondary N) is 1. The van der Waals surface area contributed by atoms with E-state index in [-0.39, 0.29) is 22.9 Å². The highest BCUT2D eigenvalue weighted by Gasteiger charge is 2.26. The minimum Gasteiger partial charge on any atom is -0.449 e. The van der Waals surface area contributed by atoms with Crippen molar-refractivity contribution in [1.82, 2.24) is 9.62 Å². The molecule has 3 rings (SSSR count). The fourth-order valence-corrected chi connectivity index (χ4v) is 4.56. The molecule has 2 aromatic rings. The molecule has 156 valence electrons. The molecule has 1 unspecified atom stereocenters. The first-order valence-corrected chi connectivity index (χ1v) is 11.4. The van der Waals surface area contributed by atoms with E-state index in [1.54, 1.807) is 4.90 Å². The van der Waals surface area contributed by atoms with E-state index >= 15 is 0 Å². The Balaban J connectivity index is 1.64. The lowest BCUT2D eigenvalue weighted by atomic mass is 10.2. The highest BCUT2D eigenvalue weighted by Crippen LogP contribution is 2.15. The number of carbonyl (C=O) groups excluding carboxylic acids is 2. The van der Waals surface area contributed by atoms with Crippen molar-refractivity contribution in [2.24, 2.45) is 0 Å². The number of carbonyl (C=O) groups is 2. The molecule has 10 heteroatoms. The van der Waals surface area contributed by atoms with Gasteiger partial charge in [-0.25, -0.2) is 17.9 Å². The van der Waals surface area contributed by atoms with Crippen molar-refractivity contribution in [3.63, 3.8) is 0 Å². The zero-order valence-corrected chi connectivity index (χ0v) is 17.5. The van der Waals surface area contributed by atoms with Gasteiger partial charge in [0.1, 0.15) is 0 Å². The van der Waals surface area contributed by atoms with Gasteiger partial charge in [0.15, 0.2) is 6.10 Å². The van der Waals surface area contributed by atoms with E-state index in [9.17, 15) is 18.0 Å². The van der Waals surface area contributed by atoms with Gasteiger partial charge in [0, 0.05) is 24.5 Å². The summed E-state index contributed by atoms with van der Waals surface area (Å²) in [5.41, 5.74) is 0.0608. The van der Waals surface area contributed by atoms with E-state index in [4.69, 9.17) is 9.47 Å². The SMILES string of the molecule is CC(OC(=O)c1cccc(S(=O)(=O)NCc2cccs2)c1)C(=O)N1CCOCC1. The summed E-state index contributed by atoms with van der Waals surface area (Å²) in [5.74, 6) is -1.06. The van der Waals surface area contributed by atoms with E-state index in [0.29, 0.717) is 26.3 Å². The minimum absolute atomic E-state index is 0.0457. The number of sulfonamides is 1. The number of rotatable bonds is 7. The third kappa shape index (κ3) is 5.63. The van der Waals surface area contributed by atoms with Crippen molar-refractivity contribution >= 4 is 33.2 Å². The maximum atomic E-state index is 12.5. The Labute approximate surface area is 173 Å². The van der Waals surface area contributed by atoms with Gasteiger partial charge in [-0.1, -0.05) is 12.1 Å². The fraction of sp³-hybridized carbons (Fsp3) is 0.368. The largest absolute Gasteiger partial charge is 0.449 e. The van der Waals surface area contributed by atoms with Gasteiger partial charge in [-0.2, -0.15) is 0 Å². The Kier molecular flexibility index (Phi) is 7.01. The molecule has 1 atom stereocenters. The summed E-state index contributed by atoms with van der Waals surface area (Å²) in [6, 6.07) is 9.22. The summed E-state index contributed by atoms with van der Waals surface area (Å²) < 4.78 is 38.0. The van der Waals surface area contributed by atoms with Crippen molar-refractivity contribution < 1.29 is 27.5 Å². The second-order valence-corrected chi connectivity index (χ2v) is 9.22. The van der Waals surface area contributed by atoms with Gasteiger partial charge in [0.2, 0.25) is 10.0 Å². The third-order valence-electron chi connectivity index (χ3n) is 4.35. The molecule has 1 aromatic carbocycles. The van der Waals surface area contributed by atoms with Crippen LogP contribution in [0.3, 0.4) is 0 Å². The molecule has 1 N–H and O–H groups in total. The first-order chi connectivity index (χ1) is 13.9. The number of nitrogens with zero attached hydrogens (tertiary/aromatic N) is 1. The van der Waals surface area contributed by atoms with Crippen LogP contribution in [0.1, 0.15) is 22.2 Å². The van der Waals surface area contributed by atoms with Gasteiger partial charge >= 0.3 is 5.97 Å². The third-order valence-corrected chi connectivity index (χ3v) is 6.63. The van der Waals surface area contributed by atoms with Crippen molar-refractivity contribution in [3.8, 4) is 0 Å². The van der Waals surface area contributed by atoms with Crippen molar-refractivity contribution in [2.45, 2.75) is 24.5 Å². The highest BCUT2D eigenvalue weighted by atomic mass is 32.2. The number of amides is 1. The number of benzene rings is 1. The fourth-order valence-electron chi connectivity index (χ4n) is 2.77. The Morgan fingerprint density at radius 1 is 1.24 bits per heavy atom. The van der Waals surface area contributed by atoms with Gasteiger partial charge in [-0.15, -0.1) is 11.3 Å². The van der Waals surface area contributed by atoms with Crippen LogP contribution in [-0.2, 0) is 30.8 Å². The lowest BCUT2D eigenvalue weighted by molar-refractivity contribution is -0.143. The molecule has 0 radical (unpaired) electrons. The van der Waals surface area contributed by atoms with E-state index < -0.39 is 22.1 Å². The first-order valence-electron chi connectivity index (χ1n) is 9.06. The molecule has 1 aliphatic heterocycles. The topological polar surface area (TPSA) is 102 Å².